The van der Waals surface area contributed by atoms with Gasteiger partial charge in [-0.25, -0.2) is 8.42 Å². The molecule has 0 spiro atoms. The zero-order chi connectivity index (χ0) is 19.5. The summed E-state index contributed by atoms with van der Waals surface area (Å²) in [6.45, 7) is 5.06. The van der Waals surface area contributed by atoms with Gasteiger partial charge in [0.05, 0.1) is 24.5 Å². The molecule has 8 nitrogen and oxygen atoms in total. The van der Waals surface area contributed by atoms with Crippen molar-refractivity contribution in [1.29, 1.82) is 0 Å². The number of ether oxygens (including phenoxy) is 1. The average molecular weight is 380 g/mol. The van der Waals surface area contributed by atoms with Crippen LogP contribution in [0.3, 0.4) is 0 Å². The summed E-state index contributed by atoms with van der Waals surface area (Å²) < 4.78 is 34.2. The number of carbonyl (C=O) groups is 1. The summed E-state index contributed by atoms with van der Waals surface area (Å²) in [6, 6.07) is 6.35. The van der Waals surface area contributed by atoms with E-state index in [2.05, 4.69) is 15.1 Å². The van der Waals surface area contributed by atoms with E-state index in [-0.39, 0.29) is 11.4 Å². The number of benzene rings is 1. The van der Waals surface area contributed by atoms with Crippen molar-refractivity contribution < 1.29 is 17.9 Å². The summed E-state index contributed by atoms with van der Waals surface area (Å²) in [4.78, 5) is 12.4. The third-order valence-electron chi connectivity index (χ3n) is 4.04. The maximum Gasteiger partial charge on any atom is 0.244 e. The third kappa shape index (κ3) is 4.41. The molecule has 0 aliphatic heterocycles. The Balaban J connectivity index is 2.04. The van der Waals surface area contributed by atoms with E-state index in [4.69, 9.17) is 4.74 Å². The number of rotatable bonds is 7. The summed E-state index contributed by atoms with van der Waals surface area (Å²) in [5.41, 5.74) is 1.76. The number of aryl methyl sites for hydroxylation is 2. The summed E-state index contributed by atoms with van der Waals surface area (Å²) in [5, 5.41) is 6.82. The monoisotopic (exact) mass is 380 g/mol. The molecular formula is C17H24N4O4S. The molecule has 1 aromatic carbocycles. The van der Waals surface area contributed by atoms with Gasteiger partial charge in [-0.2, -0.15) is 9.82 Å². The lowest BCUT2D eigenvalue weighted by Crippen LogP contribution is -2.44. The van der Waals surface area contributed by atoms with Crippen molar-refractivity contribution in [2.75, 3.05) is 7.11 Å². The Morgan fingerprint density at radius 2 is 2.04 bits per heavy atom. The lowest BCUT2D eigenvalue weighted by molar-refractivity contribution is -0.122. The van der Waals surface area contributed by atoms with Crippen molar-refractivity contribution in [2.45, 2.75) is 38.3 Å². The van der Waals surface area contributed by atoms with Crippen molar-refractivity contribution in [1.82, 2.24) is 19.8 Å². The van der Waals surface area contributed by atoms with Gasteiger partial charge < -0.3 is 10.1 Å². The zero-order valence-corrected chi connectivity index (χ0v) is 16.3. The van der Waals surface area contributed by atoms with Gasteiger partial charge in [-0.05, 0) is 38.5 Å². The molecule has 0 unspecified atom stereocenters. The molecule has 1 amide bonds. The van der Waals surface area contributed by atoms with E-state index < -0.39 is 22.0 Å². The quantitative estimate of drug-likeness (QED) is 0.747. The molecule has 1 atom stereocenters. The number of carbonyl (C=O) groups excluding carboxylic acids is 1. The Bertz CT molecular complexity index is 905. The van der Waals surface area contributed by atoms with E-state index in [1.807, 2.05) is 12.1 Å². The molecule has 2 rings (SSSR count). The van der Waals surface area contributed by atoms with Crippen LogP contribution in [0.1, 0.15) is 23.9 Å². The SMILES string of the molecule is COc1cccc(CNC(=O)[C@@H](C)NS(=O)(=O)c2c(C)nn(C)c2C)c1. The average Bonchev–Trinajstić information content (AvgIpc) is 2.85. The Morgan fingerprint density at radius 3 is 2.62 bits per heavy atom. The van der Waals surface area contributed by atoms with E-state index in [0.29, 0.717) is 17.1 Å². The number of aromatic nitrogens is 2. The Hall–Kier alpha value is -2.39. The number of amides is 1. The van der Waals surface area contributed by atoms with Gasteiger partial charge in [0.1, 0.15) is 10.6 Å². The first kappa shape index (κ1) is 19.9. The van der Waals surface area contributed by atoms with E-state index in [0.717, 1.165) is 5.56 Å². The molecule has 0 aliphatic rings. The van der Waals surface area contributed by atoms with Crippen molar-refractivity contribution >= 4 is 15.9 Å². The van der Waals surface area contributed by atoms with Gasteiger partial charge in [0.15, 0.2) is 0 Å². The topological polar surface area (TPSA) is 102 Å². The highest BCUT2D eigenvalue weighted by molar-refractivity contribution is 7.89. The molecule has 0 aliphatic carbocycles. The predicted octanol–water partition coefficient (Wildman–Crippen LogP) is 1.03. The molecule has 1 aromatic heterocycles. The normalized spacial score (nSPS) is 12.7. The lowest BCUT2D eigenvalue weighted by atomic mass is 10.2. The maximum atomic E-state index is 12.6. The van der Waals surface area contributed by atoms with Crippen LogP contribution in [0.2, 0.25) is 0 Å². The second-order valence-corrected chi connectivity index (χ2v) is 7.69. The lowest BCUT2D eigenvalue weighted by Gasteiger charge is -2.15. The molecule has 0 radical (unpaired) electrons. The van der Waals surface area contributed by atoms with Crippen LogP contribution < -0.4 is 14.8 Å². The van der Waals surface area contributed by atoms with Crippen LogP contribution in [0.25, 0.3) is 0 Å². The first-order valence-electron chi connectivity index (χ1n) is 8.09. The number of nitrogens with one attached hydrogen (secondary N) is 2. The number of sulfonamides is 1. The van der Waals surface area contributed by atoms with Crippen molar-refractivity contribution in [3.8, 4) is 5.75 Å². The second-order valence-electron chi connectivity index (χ2n) is 6.04. The molecule has 2 N–H and O–H groups in total. The smallest absolute Gasteiger partial charge is 0.244 e. The Morgan fingerprint density at radius 1 is 1.35 bits per heavy atom. The maximum absolute atomic E-state index is 12.6. The highest BCUT2D eigenvalue weighted by atomic mass is 32.2. The van der Waals surface area contributed by atoms with Gasteiger partial charge in [0.25, 0.3) is 0 Å². The second kappa shape index (κ2) is 7.88. The third-order valence-corrected chi connectivity index (χ3v) is 5.83. The number of hydrogen-bond donors (Lipinski definition) is 2. The van der Waals surface area contributed by atoms with Gasteiger partial charge in [0.2, 0.25) is 15.9 Å². The predicted molar refractivity (Wildman–Crippen MR) is 97.3 cm³/mol. The van der Waals surface area contributed by atoms with Crippen molar-refractivity contribution in [3.05, 3.63) is 41.2 Å². The first-order chi connectivity index (χ1) is 12.2. The standard InChI is InChI=1S/C17H24N4O4S/c1-11-16(13(3)21(4)19-11)26(23,24)20-12(2)17(22)18-10-14-7-6-8-15(9-14)25-5/h6-9,12,20H,10H2,1-5H3,(H,18,22)/t12-/m1/s1. The fourth-order valence-corrected chi connectivity index (χ4v) is 4.25. The Labute approximate surface area is 153 Å². The zero-order valence-electron chi connectivity index (χ0n) is 15.5. The summed E-state index contributed by atoms with van der Waals surface area (Å²) >= 11 is 0. The molecule has 9 heteroatoms. The summed E-state index contributed by atoms with van der Waals surface area (Å²) in [5.74, 6) is 0.267. The Kier molecular flexibility index (Phi) is 6.04. The van der Waals surface area contributed by atoms with E-state index in [9.17, 15) is 13.2 Å². The van der Waals surface area contributed by atoms with Crippen LogP contribution in [-0.2, 0) is 28.4 Å². The van der Waals surface area contributed by atoms with E-state index in [1.54, 1.807) is 40.1 Å². The van der Waals surface area contributed by atoms with Gasteiger partial charge in [-0.15, -0.1) is 0 Å². The first-order valence-corrected chi connectivity index (χ1v) is 9.57. The van der Waals surface area contributed by atoms with Crippen LogP contribution in [0.15, 0.2) is 29.2 Å². The minimum atomic E-state index is -3.85. The molecule has 0 saturated heterocycles. The molecular weight excluding hydrogens is 356 g/mol. The van der Waals surface area contributed by atoms with Crippen LogP contribution in [0, 0.1) is 13.8 Å². The van der Waals surface area contributed by atoms with Crippen LogP contribution in [-0.4, -0.2) is 37.3 Å². The summed E-state index contributed by atoms with van der Waals surface area (Å²) in [6.07, 6.45) is 0. The molecule has 142 valence electrons. The van der Waals surface area contributed by atoms with Crippen LogP contribution in [0.4, 0.5) is 0 Å². The van der Waals surface area contributed by atoms with Crippen LogP contribution in [0.5, 0.6) is 5.75 Å². The van der Waals surface area contributed by atoms with Gasteiger partial charge in [0, 0.05) is 13.6 Å². The highest BCUT2D eigenvalue weighted by Gasteiger charge is 2.27. The van der Waals surface area contributed by atoms with Gasteiger partial charge >= 0.3 is 0 Å². The largest absolute Gasteiger partial charge is 0.497 e. The van der Waals surface area contributed by atoms with Gasteiger partial charge in [-0.1, -0.05) is 12.1 Å². The molecule has 2 aromatic rings. The van der Waals surface area contributed by atoms with Gasteiger partial charge in [-0.3, -0.25) is 9.48 Å². The fourth-order valence-electron chi connectivity index (χ4n) is 2.61. The highest BCUT2D eigenvalue weighted by Crippen LogP contribution is 2.18. The van der Waals surface area contributed by atoms with E-state index >= 15 is 0 Å². The fraction of sp³-hybridized carbons (Fsp3) is 0.412. The minimum absolute atomic E-state index is 0.104. The molecule has 0 saturated carbocycles. The van der Waals surface area contributed by atoms with E-state index in [1.165, 1.54) is 11.6 Å². The van der Waals surface area contributed by atoms with Crippen molar-refractivity contribution in [3.63, 3.8) is 0 Å². The molecule has 26 heavy (non-hydrogen) atoms. The number of methoxy groups -OCH3 is 1. The molecule has 0 bridgehead atoms. The number of nitrogens with zero attached hydrogens (tertiary/aromatic N) is 2. The molecule has 1 heterocycles. The van der Waals surface area contributed by atoms with Crippen LogP contribution >= 0.6 is 0 Å². The minimum Gasteiger partial charge on any atom is -0.497 e. The van der Waals surface area contributed by atoms with Crippen molar-refractivity contribution in [2.24, 2.45) is 7.05 Å². The summed E-state index contributed by atoms with van der Waals surface area (Å²) in [7, 11) is -0.614. The molecule has 0 fully saturated rings. The number of hydrogen-bond acceptors (Lipinski definition) is 5.